The van der Waals surface area contributed by atoms with Gasteiger partial charge >= 0.3 is 0 Å². The number of halogens is 2. The van der Waals surface area contributed by atoms with Crippen molar-refractivity contribution < 1.29 is 8.78 Å². The van der Waals surface area contributed by atoms with Crippen molar-refractivity contribution >= 4 is 5.71 Å². The molecule has 2 rings (SSSR count). The van der Waals surface area contributed by atoms with Gasteiger partial charge in [-0.2, -0.15) is 5.10 Å². The number of hydrogen-bond donors (Lipinski definition) is 0. The summed E-state index contributed by atoms with van der Waals surface area (Å²) in [6.07, 6.45) is 3.08. The van der Waals surface area contributed by atoms with Gasteiger partial charge in [0.2, 0.25) is 0 Å². The third-order valence-electron chi connectivity index (χ3n) is 4.81. The Bertz CT molecular complexity index is 664. The predicted octanol–water partition coefficient (Wildman–Crippen LogP) is 5.67. The summed E-state index contributed by atoms with van der Waals surface area (Å²) in [5, 5.41) is 6.45. The van der Waals surface area contributed by atoms with Gasteiger partial charge in [0, 0.05) is 17.3 Å². The molecule has 0 bridgehead atoms. The van der Waals surface area contributed by atoms with Crippen LogP contribution >= 0.6 is 0 Å². The lowest BCUT2D eigenvalue weighted by atomic mass is 9.94. The van der Waals surface area contributed by atoms with Crippen molar-refractivity contribution in [3.05, 3.63) is 59.8 Å². The second kappa shape index (κ2) is 7.73. The topological polar surface area (TPSA) is 15.6 Å². The van der Waals surface area contributed by atoms with Crippen molar-refractivity contribution in [2.45, 2.75) is 46.6 Å². The highest BCUT2D eigenvalue weighted by Crippen LogP contribution is 2.29. The van der Waals surface area contributed by atoms with Crippen LogP contribution in [0.15, 0.2) is 47.7 Å². The minimum absolute atomic E-state index is 0.190. The minimum Gasteiger partial charge on any atom is -0.265 e. The van der Waals surface area contributed by atoms with E-state index in [0.717, 1.165) is 36.7 Å². The van der Waals surface area contributed by atoms with Crippen molar-refractivity contribution in [3.63, 3.8) is 0 Å². The maximum absolute atomic E-state index is 13.4. The summed E-state index contributed by atoms with van der Waals surface area (Å²) in [5.41, 5.74) is 3.91. The highest BCUT2D eigenvalue weighted by Gasteiger charge is 2.26. The molecule has 130 valence electrons. The Kier molecular flexibility index (Phi) is 5.92. The maximum Gasteiger partial charge on any atom is 0.159 e. The summed E-state index contributed by atoms with van der Waals surface area (Å²) in [6.45, 7) is 14.9. The Hall–Kier alpha value is -1.97. The number of allylic oxidation sites excluding steroid dienone is 2. The number of hydrazone groups is 1. The number of nitrogens with zero attached hydrogens (tertiary/aromatic N) is 2. The van der Waals surface area contributed by atoms with E-state index >= 15 is 0 Å². The molecule has 1 aliphatic heterocycles. The van der Waals surface area contributed by atoms with Gasteiger partial charge < -0.3 is 0 Å². The third kappa shape index (κ3) is 4.31. The molecule has 1 heterocycles. The van der Waals surface area contributed by atoms with Crippen LogP contribution in [0.25, 0.3) is 0 Å². The average Bonchev–Trinajstić information content (AvgIpc) is 2.79. The Morgan fingerprint density at radius 3 is 2.67 bits per heavy atom. The molecule has 0 saturated heterocycles. The van der Waals surface area contributed by atoms with E-state index in [1.54, 1.807) is 11.1 Å². The summed E-state index contributed by atoms with van der Waals surface area (Å²) in [7, 11) is 0. The van der Waals surface area contributed by atoms with Gasteiger partial charge in [-0.1, -0.05) is 38.6 Å². The van der Waals surface area contributed by atoms with Crippen molar-refractivity contribution in [1.82, 2.24) is 5.01 Å². The van der Waals surface area contributed by atoms with Crippen LogP contribution in [0.4, 0.5) is 8.78 Å². The standard InChI is InChI=1S/C20H26F2N2/c1-13(2)14(3)7-6-8-20-15(4)16(5)24(23-20)12-17-9-10-18(21)19(22)11-17/h9-11,14-15H,1,5-8,12H2,2-4H3. The van der Waals surface area contributed by atoms with Crippen molar-refractivity contribution in [3.8, 4) is 0 Å². The van der Waals surface area contributed by atoms with Gasteiger partial charge in [-0.05, 0) is 49.8 Å². The summed E-state index contributed by atoms with van der Waals surface area (Å²) in [4.78, 5) is 0. The first-order valence-electron chi connectivity index (χ1n) is 8.42. The number of rotatable bonds is 7. The fourth-order valence-corrected chi connectivity index (χ4v) is 2.77. The van der Waals surface area contributed by atoms with Crippen LogP contribution in [0, 0.1) is 23.5 Å². The Morgan fingerprint density at radius 1 is 1.33 bits per heavy atom. The molecule has 2 unspecified atom stereocenters. The van der Waals surface area contributed by atoms with Crippen molar-refractivity contribution in [2.24, 2.45) is 16.9 Å². The van der Waals surface area contributed by atoms with Crippen LogP contribution in [0.2, 0.25) is 0 Å². The molecule has 0 aromatic heterocycles. The van der Waals surface area contributed by atoms with Crippen LogP contribution in [0.1, 0.15) is 45.6 Å². The molecule has 0 N–H and O–H groups in total. The van der Waals surface area contributed by atoms with Gasteiger partial charge in [0.1, 0.15) is 0 Å². The number of hydrogen-bond acceptors (Lipinski definition) is 2. The van der Waals surface area contributed by atoms with Gasteiger partial charge in [0.25, 0.3) is 0 Å². The molecule has 1 aromatic carbocycles. The van der Waals surface area contributed by atoms with E-state index in [0.29, 0.717) is 18.0 Å². The van der Waals surface area contributed by atoms with E-state index in [2.05, 4.69) is 39.0 Å². The normalized spacial score (nSPS) is 18.7. The van der Waals surface area contributed by atoms with Crippen LogP contribution in [0.3, 0.4) is 0 Å². The van der Waals surface area contributed by atoms with E-state index in [1.165, 1.54) is 11.6 Å². The first kappa shape index (κ1) is 18.4. The maximum atomic E-state index is 13.4. The summed E-state index contributed by atoms with van der Waals surface area (Å²) in [5.74, 6) is -0.953. The van der Waals surface area contributed by atoms with Crippen LogP contribution in [-0.4, -0.2) is 10.7 Å². The molecule has 0 spiro atoms. The van der Waals surface area contributed by atoms with Gasteiger partial charge in [-0.15, -0.1) is 0 Å². The molecule has 0 aliphatic carbocycles. The summed E-state index contributed by atoms with van der Waals surface area (Å²) in [6, 6.07) is 3.95. The minimum atomic E-state index is -0.830. The van der Waals surface area contributed by atoms with Gasteiger partial charge in [-0.25, -0.2) is 8.78 Å². The molecule has 1 aliphatic rings. The average molecular weight is 332 g/mol. The fraction of sp³-hybridized carbons (Fsp3) is 0.450. The van der Waals surface area contributed by atoms with Gasteiger partial charge in [0.15, 0.2) is 11.6 Å². The van der Waals surface area contributed by atoms with Crippen molar-refractivity contribution in [1.29, 1.82) is 0 Å². The second-order valence-electron chi connectivity index (χ2n) is 6.75. The van der Waals surface area contributed by atoms with Crippen LogP contribution < -0.4 is 0 Å². The summed E-state index contributed by atoms with van der Waals surface area (Å²) >= 11 is 0. The first-order valence-corrected chi connectivity index (χ1v) is 8.42. The Labute approximate surface area is 143 Å². The molecular formula is C20H26F2N2. The lowest BCUT2D eigenvalue weighted by Crippen LogP contribution is -2.14. The fourth-order valence-electron chi connectivity index (χ4n) is 2.77. The Morgan fingerprint density at radius 2 is 2.04 bits per heavy atom. The molecule has 24 heavy (non-hydrogen) atoms. The van der Waals surface area contributed by atoms with E-state index in [1.807, 2.05) is 0 Å². The highest BCUT2D eigenvalue weighted by atomic mass is 19.2. The Balaban J connectivity index is 1.98. The molecular weight excluding hydrogens is 306 g/mol. The number of benzene rings is 1. The largest absolute Gasteiger partial charge is 0.265 e. The van der Waals surface area contributed by atoms with Crippen molar-refractivity contribution in [2.75, 3.05) is 0 Å². The van der Waals surface area contributed by atoms with E-state index in [9.17, 15) is 8.78 Å². The molecule has 4 heteroatoms. The molecule has 0 saturated carbocycles. The highest BCUT2D eigenvalue weighted by molar-refractivity contribution is 5.90. The lowest BCUT2D eigenvalue weighted by Gasteiger charge is -2.17. The quantitative estimate of drug-likeness (QED) is 0.587. The second-order valence-corrected chi connectivity index (χ2v) is 6.75. The molecule has 0 amide bonds. The molecule has 0 radical (unpaired) electrons. The monoisotopic (exact) mass is 332 g/mol. The van der Waals surface area contributed by atoms with Crippen LogP contribution in [-0.2, 0) is 6.54 Å². The third-order valence-corrected chi connectivity index (χ3v) is 4.81. The van der Waals surface area contributed by atoms with E-state index < -0.39 is 11.6 Å². The molecule has 1 aromatic rings. The zero-order valence-electron chi connectivity index (χ0n) is 14.8. The van der Waals surface area contributed by atoms with E-state index in [-0.39, 0.29) is 5.92 Å². The summed E-state index contributed by atoms with van der Waals surface area (Å²) < 4.78 is 26.4. The SMILES string of the molecule is C=C(C)C(C)CCCC1=NN(Cc2ccc(F)c(F)c2)C(=C)C1C. The molecule has 0 fully saturated rings. The zero-order chi connectivity index (χ0) is 17.9. The first-order chi connectivity index (χ1) is 11.3. The lowest BCUT2D eigenvalue weighted by molar-refractivity contribution is 0.360. The molecule has 2 nitrogen and oxygen atoms in total. The van der Waals surface area contributed by atoms with E-state index in [4.69, 9.17) is 0 Å². The zero-order valence-corrected chi connectivity index (χ0v) is 14.8. The van der Waals surface area contributed by atoms with Gasteiger partial charge in [0.05, 0.1) is 6.54 Å². The smallest absolute Gasteiger partial charge is 0.159 e. The van der Waals surface area contributed by atoms with Gasteiger partial charge in [-0.3, -0.25) is 5.01 Å². The van der Waals surface area contributed by atoms with Crippen LogP contribution in [0.5, 0.6) is 0 Å². The molecule has 2 atom stereocenters. The predicted molar refractivity (Wildman–Crippen MR) is 95.5 cm³/mol.